The van der Waals surface area contributed by atoms with E-state index in [1.807, 2.05) is 0 Å². The number of rotatable bonds is 32. The molecule has 0 unspecified atom stereocenters. The van der Waals surface area contributed by atoms with Crippen molar-refractivity contribution in [3.8, 4) is 0 Å². The van der Waals surface area contributed by atoms with E-state index in [0.29, 0.717) is 72.7 Å². The summed E-state index contributed by atoms with van der Waals surface area (Å²) in [4.78, 5) is 0. The standard InChI is InChI=1S/C28H58O7/c1-2-3-4-5-6-7-8-9-10-11-12-13-14-15-17-30-19-21-32-23-25-34-27-28-35-26-24-33-22-20-31-18-16-29/h29H,2-28H2,1H3/i21+2. The highest BCUT2D eigenvalue weighted by Crippen LogP contribution is 2.12. The Hall–Kier alpha value is -0.280. The summed E-state index contributed by atoms with van der Waals surface area (Å²) in [6.07, 6.45) is 19.3. The van der Waals surface area contributed by atoms with Crippen molar-refractivity contribution in [1.29, 1.82) is 0 Å². The maximum absolute atomic E-state index is 8.56. The average molecular weight is 509 g/mol. The van der Waals surface area contributed by atoms with Crippen molar-refractivity contribution in [2.75, 3.05) is 85.9 Å². The van der Waals surface area contributed by atoms with Gasteiger partial charge in [-0.3, -0.25) is 0 Å². The lowest BCUT2D eigenvalue weighted by Gasteiger charge is -2.08. The number of hydrogen-bond donors (Lipinski definition) is 1. The molecule has 0 saturated heterocycles. The van der Waals surface area contributed by atoms with Gasteiger partial charge in [-0.25, -0.2) is 0 Å². The van der Waals surface area contributed by atoms with Gasteiger partial charge in [0.15, 0.2) is 0 Å². The lowest BCUT2D eigenvalue weighted by atomic mass is 10.0. The fourth-order valence-electron chi connectivity index (χ4n) is 3.66. The number of ether oxygens (including phenoxy) is 6. The van der Waals surface area contributed by atoms with Gasteiger partial charge in [0.1, 0.15) is 0 Å². The zero-order chi connectivity index (χ0) is 25.3. The van der Waals surface area contributed by atoms with Crippen LogP contribution in [0.15, 0.2) is 0 Å². The van der Waals surface area contributed by atoms with Crippen molar-refractivity contribution in [2.24, 2.45) is 0 Å². The number of hydrogen-bond acceptors (Lipinski definition) is 7. The molecule has 0 aromatic heterocycles. The van der Waals surface area contributed by atoms with E-state index >= 15 is 0 Å². The van der Waals surface area contributed by atoms with Gasteiger partial charge in [-0.1, -0.05) is 90.4 Å². The summed E-state index contributed by atoms with van der Waals surface area (Å²) in [7, 11) is 0. The summed E-state index contributed by atoms with van der Waals surface area (Å²) in [5.74, 6) is 0. The van der Waals surface area contributed by atoms with Crippen molar-refractivity contribution in [3.63, 3.8) is 0 Å². The monoisotopic (exact) mass is 508 g/mol. The molecule has 35 heavy (non-hydrogen) atoms. The topological polar surface area (TPSA) is 75.6 Å². The van der Waals surface area contributed by atoms with Crippen molar-refractivity contribution < 1.29 is 33.5 Å². The Morgan fingerprint density at radius 3 is 1.29 bits per heavy atom. The van der Waals surface area contributed by atoms with Crippen LogP contribution in [0, 0.1) is 0 Å². The number of aliphatic hydroxyl groups is 1. The Kier molecular flexibility index (Phi) is 33.5. The van der Waals surface area contributed by atoms with Crippen LogP contribution in [-0.2, 0) is 28.4 Å². The Bertz CT molecular complexity index is 326. The second-order valence-corrected chi connectivity index (χ2v) is 8.99. The molecule has 0 rings (SSSR count). The molecule has 0 atom stereocenters. The molecular weight excluding hydrogens is 450 g/mol. The SMILES string of the molecule is CCCCCCCCCCCCCCCCOC[14CH2]OCCOCCOCCOCCOCCO. The minimum Gasteiger partial charge on any atom is -0.394 e. The number of unbranched alkanes of at least 4 members (excludes halogenated alkanes) is 13. The first-order valence-electron chi connectivity index (χ1n) is 14.5. The summed E-state index contributed by atoms with van der Waals surface area (Å²) in [5, 5.41) is 8.56. The highest BCUT2D eigenvalue weighted by molar-refractivity contribution is 4.49. The second kappa shape index (κ2) is 33.7. The van der Waals surface area contributed by atoms with Crippen molar-refractivity contribution in [1.82, 2.24) is 0 Å². The third-order valence-electron chi connectivity index (χ3n) is 5.74. The summed E-state index contributed by atoms with van der Waals surface area (Å²) in [6.45, 7) is 9.14. The smallest absolute Gasteiger partial charge is 0.0701 e. The van der Waals surface area contributed by atoms with E-state index in [1.54, 1.807) is 0 Å². The second-order valence-electron chi connectivity index (χ2n) is 8.99. The molecule has 0 aromatic carbocycles. The average Bonchev–Trinajstić information content (AvgIpc) is 2.87. The largest absolute Gasteiger partial charge is 0.394 e. The molecule has 0 saturated carbocycles. The lowest BCUT2D eigenvalue weighted by Crippen LogP contribution is -2.14. The molecule has 0 spiro atoms. The Morgan fingerprint density at radius 2 is 0.829 bits per heavy atom. The third kappa shape index (κ3) is 33.7. The van der Waals surface area contributed by atoms with Crippen LogP contribution in [0.5, 0.6) is 0 Å². The van der Waals surface area contributed by atoms with Crippen LogP contribution in [0.1, 0.15) is 96.8 Å². The molecule has 212 valence electrons. The Balaban J connectivity index is 3.00. The maximum Gasteiger partial charge on any atom is 0.0701 e. The van der Waals surface area contributed by atoms with Crippen LogP contribution < -0.4 is 0 Å². The molecular formula is C28H58O7. The van der Waals surface area contributed by atoms with Crippen molar-refractivity contribution in [2.45, 2.75) is 96.8 Å². The van der Waals surface area contributed by atoms with Gasteiger partial charge < -0.3 is 33.5 Å². The molecule has 7 nitrogen and oxygen atoms in total. The maximum atomic E-state index is 8.56. The summed E-state index contributed by atoms with van der Waals surface area (Å²) in [6, 6.07) is 0. The quantitative estimate of drug-likeness (QED) is 0.119. The molecule has 0 aliphatic heterocycles. The van der Waals surface area contributed by atoms with Crippen LogP contribution >= 0.6 is 0 Å². The van der Waals surface area contributed by atoms with Crippen LogP contribution in [0.4, 0.5) is 0 Å². The highest BCUT2D eigenvalue weighted by atomic mass is 16.7. The zero-order valence-electron chi connectivity index (χ0n) is 23.0. The molecule has 0 amide bonds. The molecule has 0 heterocycles. The Labute approximate surface area is 216 Å². The molecule has 0 fully saturated rings. The molecule has 0 bridgehead atoms. The predicted molar refractivity (Wildman–Crippen MR) is 142 cm³/mol. The van der Waals surface area contributed by atoms with Gasteiger partial charge >= 0.3 is 0 Å². The minimum absolute atomic E-state index is 0.0431. The number of aliphatic hydroxyl groups excluding tert-OH is 1. The van der Waals surface area contributed by atoms with Gasteiger partial charge in [-0.2, -0.15) is 0 Å². The van der Waals surface area contributed by atoms with Crippen molar-refractivity contribution >= 4 is 0 Å². The fraction of sp³-hybridized carbons (Fsp3) is 1.00. The Morgan fingerprint density at radius 1 is 0.429 bits per heavy atom. The first-order valence-corrected chi connectivity index (χ1v) is 14.5. The summed E-state index contributed by atoms with van der Waals surface area (Å²) >= 11 is 0. The third-order valence-corrected chi connectivity index (χ3v) is 5.74. The zero-order valence-corrected chi connectivity index (χ0v) is 23.0. The van der Waals surface area contributed by atoms with E-state index in [4.69, 9.17) is 33.5 Å². The van der Waals surface area contributed by atoms with Gasteiger partial charge in [0.05, 0.1) is 79.3 Å². The molecule has 0 aromatic rings. The van der Waals surface area contributed by atoms with Gasteiger partial charge in [-0.15, -0.1) is 0 Å². The van der Waals surface area contributed by atoms with Gasteiger partial charge in [0.25, 0.3) is 0 Å². The summed E-state index contributed by atoms with van der Waals surface area (Å²) in [5.41, 5.74) is 0. The molecule has 1 N–H and O–H groups in total. The first kappa shape index (κ1) is 34.7. The molecule has 0 aliphatic carbocycles. The van der Waals surface area contributed by atoms with Crippen LogP contribution in [0.3, 0.4) is 0 Å². The lowest BCUT2D eigenvalue weighted by molar-refractivity contribution is -0.0182. The first-order chi connectivity index (χ1) is 17.4. The minimum atomic E-state index is 0.0431. The van der Waals surface area contributed by atoms with E-state index in [9.17, 15) is 0 Å². The van der Waals surface area contributed by atoms with Gasteiger partial charge in [-0.05, 0) is 6.42 Å². The summed E-state index contributed by atoms with van der Waals surface area (Å²) < 4.78 is 32.5. The fourth-order valence-corrected chi connectivity index (χ4v) is 3.66. The highest BCUT2D eigenvalue weighted by Gasteiger charge is 1.96. The molecule has 0 radical (unpaired) electrons. The molecule has 7 heteroatoms. The van der Waals surface area contributed by atoms with E-state index in [0.717, 1.165) is 13.0 Å². The normalized spacial score (nSPS) is 11.5. The van der Waals surface area contributed by atoms with Crippen molar-refractivity contribution in [3.05, 3.63) is 0 Å². The molecule has 0 aliphatic rings. The van der Waals surface area contributed by atoms with E-state index in [-0.39, 0.29) is 6.61 Å². The predicted octanol–water partition coefficient (Wildman–Crippen LogP) is 5.56. The van der Waals surface area contributed by atoms with E-state index < -0.39 is 0 Å². The van der Waals surface area contributed by atoms with Crippen LogP contribution in [0.2, 0.25) is 0 Å². The van der Waals surface area contributed by atoms with Crippen LogP contribution in [0.25, 0.3) is 0 Å². The van der Waals surface area contributed by atoms with Crippen LogP contribution in [-0.4, -0.2) is 91.0 Å². The van der Waals surface area contributed by atoms with Gasteiger partial charge in [0, 0.05) is 6.61 Å². The van der Waals surface area contributed by atoms with E-state index in [2.05, 4.69) is 6.92 Å². The van der Waals surface area contributed by atoms with Gasteiger partial charge in [0.2, 0.25) is 0 Å². The van der Waals surface area contributed by atoms with E-state index in [1.165, 1.54) is 83.5 Å².